The van der Waals surface area contributed by atoms with Crippen LogP contribution in [0.3, 0.4) is 0 Å². The monoisotopic (exact) mass is 522 g/mol. The first kappa shape index (κ1) is 25.6. The molecule has 0 spiro atoms. The van der Waals surface area contributed by atoms with E-state index in [9.17, 15) is 18.0 Å². The third-order valence-electron chi connectivity index (χ3n) is 7.55. The van der Waals surface area contributed by atoms with Gasteiger partial charge in [0.15, 0.2) is 0 Å². The SMILES string of the molecule is CC1CCCCN1S(=O)(=O)c1ccc2[nH]c(=O)cc(C(=O)NCCCN3CCc4ccccc4C3)c2c1. The van der Waals surface area contributed by atoms with E-state index in [-0.39, 0.29) is 22.4 Å². The molecule has 2 aliphatic rings. The molecule has 2 aliphatic heterocycles. The normalized spacial score (nSPS) is 19.0. The Balaban J connectivity index is 1.28. The van der Waals surface area contributed by atoms with Crippen molar-refractivity contribution >= 4 is 26.8 Å². The lowest BCUT2D eigenvalue weighted by Crippen LogP contribution is -2.41. The Labute approximate surface area is 217 Å². The molecular formula is C28H34N4O4S. The molecule has 1 saturated heterocycles. The van der Waals surface area contributed by atoms with Crippen LogP contribution in [-0.2, 0) is 23.0 Å². The van der Waals surface area contributed by atoms with E-state index in [1.165, 1.54) is 29.3 Å². The number of amides is 1. The van der Waals surface area contributed by atoms with Crippen molar-refractivity contribution < 1.29 is 13.2 Å². The zero-order chi connectivity index (χ0) is 26.0. The summed E-state index contributed by atoms with van der Waals surface area (Å²) in [6.07, 6.45) is 4.49. The van der Waals surface area contributed by atoms with Gasteiger partial charge in [-0.3, -0.25) is 14.5 Å². The lowest BCUT2D eigenvalue weighted by molar-refractivity contribution is 0.0952. The minimum Gasteiger partial charge on any atom is -0.352 e. The number of carbonyl (C=O) groups excluding carboxylic acids is 1. The van der Waals surface area contributed by atoms with E-state index in [1.54, 1.807) is 10.4 Å². The highest BCUT2D eigenvalue weighted by Gasteiger charge is 2.31. The van der Waals surface area contributed by atoms with Crippen LogP contribution >= 0.6 is 0 Å². The predicted octanol–water partition coefficient (Wildman–Crippen LogP) is 3.27. The fourth-order valence-electron chi connectivity index (χ4n) is 5.49. The molecule has 1 aromatic heterocycles. The second kappa shape index (κ2) is 10.8. The summed E-state index contributed by atoms with van der Waals surface area (Å²) >= 11 is 0. The Hall–Kier alpha value is -3.01. The maximum absolute atomic E-state index is 13.4. The molecule has 2 aromatic carbocycles. The molecule has 0 bridgehead atoms. The number of aromatic nitrogens is 1. The van der Waals surface area contributed by atoms with Gasteiger partial charge in [0.2, 0.25) is 15.6 Å². The van der Waals surface area contributed by atoms with Crippen molar-refractivity contribution in [3.63, 3.8) is 0 Å². The zero-order valence-corrected chi connectivity index (χ0v) is 22.0. The zero-order valence-electron chi connectivity index (χ0n) is 21.2. The molecule has 8 nitrogen and oxygen atoms in total. The van der Waals surface area contributed by atoms with Gasteiger partial charge in [0.1, 0.15) is 0 Å². The number of rotatable bonds is 7. The van der Waals surface area contributed by atoms with Crippen molar-refractivity contribution in [2.75, 3.05) is 26.2 Å². The van der Waals surface area contributed by atoms with E-state index < -0.39 is 15.6 Å². The highest BCUT2D eigenvalue weighted by atomic mass is 32.2. The Morgan fingerprint density at radius 2 is 1.89 bits per heavy atom. The van der Waals surface area contributed by atoms with E-state index in [1.807, 2.05) is 6.92 Å². The van der Waals surface area contributed by atoms with Crippen LogP contribution in [0.1, 0.15) is 54.1 Å². The Morgan fingerprint density at radius 3 is 2.70 bits per heavy atom. The lowest BCUT2D eigenvalue weighted by atomic mass is 10.00. The number of benzene rings is 2. The first-order chi connectivity index (χ1) is 17.8. The number of fused-ring (bicyclic) bond motifs is 2. The smallest absolute Gasteiger partial charge is 0.252 e. The molecule has 9 heteroatoms. The number of hydrogen-bond donors (Lipinski definition) is 2. The average molecular weight is 523 g/mol. The highest BCUT2D eigenvalue weighted by Crippen LogP contribution is 2.27. The topological polar surface area (TPSA) is 103 Å². The first-order valence-electron chi connectivity index (χ1n) is 13.1. The largest absolute Gasteiger partial charge is 0.352 e. The first-order valence-corrected chi connectivity index (χ1v) is 14.5. The quantitative estimate of drug-likeness (QED) is 0.464. The van der Waals surface area contributed by atoms with Gasteiger partial charge in [-0.2, -0.15) is 4.31 Å². The second-order valence-corrected chi connectivity index (χ2v) is 12.0. The molecule has 1 fully saturated rings. The van der Waals surface area contributed by atoms with Gasteiger partial charge in [-0.1, -0.05) is 30.7 Å². The third kappa shape index (κ3) is 5.49. The summed E-state index contributed by atoms with van der Waals surface area (Å²) < 4.78 is 28.3. The molecule has 1 unspecified atom stereocenters. The Morgan fingerprint density at radius 1 is 1.08 bits per heavy atom. The van der Waals surface area contributed by atoms with Gasteiger partial charge in [0.25, 0.3) is 5.91 Å². The van der Waals surface area contributed by atoms with E-state index in [0.717, 1.165) is 51.7 Å². The fourth-order valence-corrected chi connectivity index (χ4v) is 7.22. The van der Waals surface area contributed by atoms with Crippen molar-refractivity contribution in [1.82, 2.24) is 19.5 Å². The van der Waals surface area contributed by atoms with E-state index in [2.05, 4.69) is 39.5 Å². The highest BCUT2D eigenvalue weighted by molar-refractivity contribution is 7.89. The van der Waals surface area contributed by atoms with Crippen LogP contribution in [0, 0.1) is 0 Å². The number of sulfonamides is 1. The van der Waals surface area contributed by atoms with Crippen LogP contribution in [0.4, 0.5) is 0 Å². The number of H-pyrrole nitrogens is 1. The number of carbonyl (C=O) groups is 1. The molecule has 2 N–H and O–H groups in total. The van der Waals surface area contributed by atoms with Crippen LogP contribution in [0.15, 0.2) is 58.2 Å². The van der Waals surface area contributed by atoms with E-state index in [4.69, 9.17) is 0 Å². The number of nitrogens with one attached hydrogen (secondary N) is 2. The molecule has 5 rings (SSSR count). The summed E-state index contributed by atoms with van der Waals surface area (Å²) in [5, 5.41) is 3.35. The molecule has 0 saturated carbocycles. The standard InChI is InChI=1S/C28H34N4O4S/c1-20-7-4-5-15-32(20)37(35,36)23-10-11-26-24(17-23)25(18-27(33)30-26)28(34)29-13-6-14-31-16-12-21-8-2-3-9-22(21)19-31/h2-3,8-11,17-18,20H,4-7,12-16,19H2,1H3,(H,29,34)(H,30,33). The number of hydrogen-bond acceptors (Lipinski definition) is 5. The molecule has 3 heterocycles. The maximum Gasteiger partial charge on any atom is 0.252 e. The minimum atomic E-state index is -3.71. The molecular weight excluding hydrogens is 488 g/mol. The lowest BCUT2D eigenvalue weighted by Gasteiger charge is -2.32. The van der Waals surface area contributed by atoms with Gasteiger partial charge >= 0.3 is 0 Å². The van der Waals surface area contributed by atoms with Crippen LogP contribution in [0.5, 0.6) is 0 Å². The summed E-state index contributed by atoms with van der Waals surface area (Å²) in [5.41, 5.74) is 3.00. The fraction of sp³-hybridized carbons (Fsp3) is 0.429. The predicted molar refractivity (Wildman–Crippen MR) is 144 cm³/mol. The molecule has 3 aromatic rings. The van der Waals surface area contributed by atoms with Gasteiger partial charge < -0.3 is 10.3 Å². The van der Waals surface area contributed by atoms with Crippen LogP contribution < -0.4 is 10.9 Å². The van der Waals surface area contributed by atoms with Gasteiger partial charge in [-0.15, -0.1) is 0 Å². The number of piperidine rings is 1. The van der Waals surface area contributed by atoms with Crippen LogP contribution in [-0.4, -0.2) is 60.7 Å². The molecule has 1 amide bonds. The molecule has 196 valence electrons. The van der Waals surface area contributed by atoms with Gasteiger partial charge in [0.05, 0.1) is 10.5 Å². The average Bonchev–Trinajstić information content (AvgIpc) is 2.90. The summed E-state index contributed by atoms with van der Waals surface area (Å²) in [6, 6.07) is 14.3. The summed E-state index contributed by atoms with van der Waals surface area (Å²) in [4.78, 5) is 30.6. The Bertz CT molecular complexity index is 1470. The minimum absolute atomic E-state index is 0.0684. The number of nitrogens with zero attached hydrogens (tertiary/aromatic N) is 2. The maximum atomic E-state index is 13.4. The molecule has 1 atom stereocenters. The summed E-state index contributed by atoms with van der Waals surface area (Å²) in [7, 11) is -3.71. The van der Waals surface area contributed by atoms with Crippen molar-refractivity contribution in [2.45, 2.75) is 56.5 Å². The van der Waals surface area contributed by atoms with Crippen LogP contribution in [0.2, 0.25) is 0 Å². The molecule has 0 aliphatic carbocycles. The number of aromatic amines is 1. The molecule has 37 heavy (non-hydrogen) atoms. The third-order valence-corrected chi connectivity index (χ3v) is 9.56. The van der Waals surface area contributed by atoms with Crippen LogP contribution in [0.25, 0.3) is 10.9 Å². The van der Waals surface area contributed by atoms with E-state index in [0.29, 0.717) is 24.0 Å². The molecule has 0 radical (unpaired) electrons. The van der Waals surface area contributed by atoms with Crippen molar-refractivity contribution in [3.05, 3.63) is 75.6 Å². The van der Waals surface area contributed by atoms with Gasteiger partial charge in [-0.05, 0) is 61.9 Å². The van der Waals surface area contributed by atoms with Gasteiger partial charge in [0, 0.05) is 55.7 Å². The second-order valence-electron chi connectivity index (χ2n) is 10.1. The Kier molecular flexibility index (Phi) is 7.46. The van der Waals surface area contributed by atoms with Gasteiger partial charge in [-0.25, -0.2) is 8.42 Å². The summed E-state index contributed by atoms with van der Waals surface area (Å²) in [5.74, 6) is -0.374. The summed E-state index contributed by atoms with van der Waals surface area (Å²) in [6.45, 7) is 5.65. The van der Waals surface area contributed by atoms with E-state index >= 15 is 0 Å². The van der Waals surface area contributed by atoms with Crippen molar-refractivity contribution in [2.24, 2.45) is 0 Å². The van der Waals surface area contributed by atoms with Crippen molar-refractivity contribution in [1.29, 1.82) is 0 Å². The number of pyridine rings is 1. The van der Waals surface area contributed by atoms with Crippen molar-refractivity contribution in [3.8, 4) is 0 Å².